The number of nitrogens with zero attached hydrogens (tertiary/aromatic N) is 1. The number of pyridine rings is 1. The molecular formula is C11H11ClN2O. The third-order valence-corrected chi connectivity index (χ3v) is 2.70. The van der Waals surface area contributed by atoms with E-state index in [1.165, 1.54) is 0 Å². The number of aromatic nitrogens is 1. The first-order valence-corrected chi connectivity index (χ1v) is 5.00. The fraction of sp³-hybridized carbons (Fsp3) is 0.182. The summed E-state index contributed by atoms with van der Waals surface area (Å²) in [5.74, 6) is 5.18. The smallest absolute Gasteiger partial charge is 0.104 e. The van der Waals surface area contributed by atoms with Crippen molar-refractivity contribution >= 4 is 22.5 Å². The summed E-state index contributed by atoms with van der Waals surface area (Å²) in [6.07, 6.45) is 1.46. The maximum atomic E-state index is 6.10. The normalized spacial score (nSPS) is 13.0. The van der Waals surface area contributed by atoms with Crippen LogP contribution in [0.15, 0.2) is 30.5 Å². The zero-order valence-electron chi connectivity index (χ0n) is 8.27. The zero-order valence-corrected chi connectivity index (χ0v) is 9.03. The molecule has 1 atom stereocenters. The van der Waals surface area contributed by atoms with Gasteiger partial charge in [0.15, 0.2) is 0 Å². The Morgan fingerprint density at radius 3 is 2.93 bits per heavy atom. The lowest BCUT2D eigenvalue weighted by Gasteiger charge is -2.13. The standard InChI is InChI=1S/C11H11ClN2O/c1-7(15-13)10-9(12)5-4-8-3-2-6-14-11(8)10/h2-7H,13H2,1H3. The van der Waals surface area contributed by atoms with E-state index in [4.69, 9.17) is 22.3 Å². The highest BCUT2D eigenvalue weighted by Crippen LogP contribution is 2.30. The van der Waals surface area contributed by atoms with E-state index in [1.807, 2.05) is 31.2 Å². The van der Waals surface area contributed by atoms with Gasteiger partial charge in [-0.2, -0.15) is 0 Å². The van der Waals surface area contributed by atoms with Gasteiger partial charge in [-0.1, -0.05) is 23.7 Å². The summed E-state index contributed by atoms with van der Waals surface area (Å²) >= 11 is 6.10. The molecule has 0 amide bonds. The minimum Gasteiger partial charge on any atom is -0.297 e. The molecule has 1 aromatic carbocycles. The molecule has 0 aliphatic rings. The molecule has 2 rings (SSSR count). The molecule has 0 radical (unpaired) electrons. The van der Waals surface area contributed by atoms with Gasteiger partial charge in [0.1, 0.15) is 6.10 Å². The van der Waals surface area contributed by atoms with Crippen LogP contribution in [0.2, 0.25) is 5.02 Å². The number of hydrogen-bond acceptors (Lipinski definition) is 3. The number of halogens is 1. The van der Waals surface area contributed by atoms with Crippen LogP contribution in [0.1, 0.15) is 18.6 Å². The fourth-order valence-corrected chi connectivity index (χ4v) is 1.90. The van der Waals surface area contributed by atoms with Gasteiger partial charge in [0.25, 0.3) is 0 Å². The van der Waals surface area contributed by atoms with E-state index < -0.39 is 0 Å². The topological polar surface area (TPSA) is 48.1 Å². The van der Waals surface area contributed by atoms with Gasteiger partial charge in [0.2, 0.25) is 0 Å². The molecule has 0 spiro atoms. The summed E-state index contributed by atoms with van der Waals surface area (Å²) < 4.78 is 0. The molecule has 4 heteroatoms. The molecule has 78 valence electrons. The highest BCUT2D eigenvalue weighted by molar-refractivity contribution is 6.32. The lowest BCUT2D eigenvalue weighted by molar-refractivity contribution is 0.0673. The van der Waals surface area contributed by atoms with Crippen LogP contribution >= 0.6 is 11.6 Å². The van der Waals surface area contributed by atoms with E-state index in [1.54, 1.807) is 6.20 Å². The van der Waals surface area contributed by atoms with Gasteiger partial charge in [-0.25, -0.2) is 5.90 Å². The molecule has 1 unspecified atom stereocenters. The number of rotatable bonds is 2. The minimum atomic E-state index is -0.268. The molecule has 1 aromatic heterocycles. The lowest BCUT2D eigenvalue weighted by Crippen LogP contribution is -2.07. The lowest BCUT2D eigenvalue weighted by atomic mass is 10.1. The predicted octanol–water partition coefficient (Wildman–Crippen LogP) is 2.84. The van der Waals surface area contributed by atoms with Crippen LogP contribution in [-0.4, -0.2) is 4.98 Å². The van der Waals surface area contributed by atoms with E-state index in [0.29, 0.717) is 5.02 Å². The fourth-order valence-electron chi connectivity index (χ4n) is 1.60. The number of fused-ring (bicyclic) bond motifs is 1. The first kappa shape index (κ1) is 10.4. The molecule has 0 aliphatic carbocycles. The quantitative estimate of drug-likeness (QED) is 0.795. The molecule has 0 aliphatic heterocycles. The maximum absolute atomic E-state index is 6.10. The molecule has 3 nitrogen and oxygen atoms in total. The summed E-state index contributed by atoms with van der Waals surface area (Å²) in [4.78, 5) is 9.09. The number of nitrogens with two attached hydrogens (primary N) is 1. The SMILES string of the molecule is CC(ON)c1c(Cl)ccc2cccnc12. The molecule has 0 fully saturated rings. The molecule has 2 aromatic rings. The second-order valence-corrected chi connectivity index (χ2v) is 3.72. The Kier molecular flexibility index (Phi) is 2.86. The summed E-state index contributed by atoms with van der Waals surface area (Å²) in [6, 6.07) is 7.62. The maximum Gasteiger partial charge on any atom is 0.104 e. The van der Waals surface area contributed by atoms with E-state index in [9.17, 15) is 0 Å². The van der Waals surface area contributed by atoms with Gasteiger partial charge in [-0.15, -0.1) is 0 Å². The summed E-state index contributed by atoms with van der Waals surface area (Å²) in [7, 11) is 0. The van der Waals surface area contributed by atoms with Crippen LogP contribution in [0.4, 0.5) is 0 Å². The van der Waals surface area contributed by atoms with E-state index >= 15 is 0 Å². The van der Waals surface area contributed by atoms with Crippen molar-refractivity contribution in [2.75, 3.05) is 0 Å². The van der Waals surface area contributed by atoms with Crippen molar-refractivity contribution in [3.8, 4) is 0 Å². The molecule has 0 saturated carbocycles. The molecule has 15 heavy (non-hydrogen) atoms. The summed E-state index contributed by atoms with van der Waals surface area (Å²) in [6.45, 7) is 1.84. The summed E-state index contributed by atoms with van der Waals surface area (Å²) in [5.41, 5.74) is 1.67. The van der Waals surface area contributed by atoms with Crippen molar-refractivity contribution in [3.05, 3.63) is 41.0 Å². The van der Waals surface area contributed by atoms with Crippen molar-refractivity contribution in [2.45, 2.75) is 13.0 Å². The average Bonchev–Trinajstić information content (AvgIpc) is 2.28. The average molecular weight is 223 g/mol. The van der Waals surface area contributed by atoms with E-state index in [0.717, 1.165) is 16.5 Å². The van der Waals surface area contributed by atoms with Crippen LogP contribution in [0.5, 0.6) is 0 Å². The molecule has 0 bridgehead atoms. The summed E-state index contributed by atoms with van der Waals surface area (Å²) in [5, 5.41) is 1.65. The number of benzene rings is 1. The van der Waals surface area contributed by atoms with Gasteiger partial charge in [0.05, 0.1) is 5.52 Å². The third-order valence-electron chi connectivity index (χ3n) is 2.37. The Morgan fingerprint density at radius 2 is 2.20 bits per heavy atom. The van der Waals surface area contributed by atoms with Crippen molar-refractivity contribution in [1.29, 1.82) is 0 Å². The monoisotopic (exact) mass is 222 g/mol. The first-order chi connectivity index (χ1) is 7.24. The van der Waals surface area contributed by atoms with Gasteiger partial charge in [-0.3, -0.25) is 9.82 Å². The Morgan fingerprint density at radius 1 is 1.40 bits per heavy atom. The Balaban J connectivity index is 2.74. The minimum absolute atomic E-state index is 0.268. The predicted molar refractivity (Wildman–Crippen MR) is 60.4 cm³/mol. The van der Waals surface area contributed by atoms with Crippen molar-refractivity contribution < 1.29 is 4.84 Å². The zero-order chi connectivity index (χ0) is 10.8. The highest BCUT2D eigenvalue weighted by atomic mass is 35.5. The highest BCUT2D eigenvalue weighted by Gasteiger charge is 2.14. The first-order valence-electron chi connectivity index (χ1n) is 4.62. The molecule has 2 N–H and O–H groups in total. The second kappa shape index (κ2) is 4.14. The Hall–Kier alpha value is -1.16. The molecule has 0 saturated heterocycles. The van der Waals surface area contributed by atoms with Crippen molar-refractivity contribution in [1.82, 2.24) is 4.98 Å². The van der Waals surface area contributed by atoms with Gasteiger partial charge >= 0.3 is 0 Å². The molecule has 1 heterocycles. The van der Waals surface area contributed by atoms with Gasteiger partial charge in [-0.05, 0) is 19.1 Å². The Bertz CT molecular complexity index is 487. The molecular weight excluding hydrogens is 212 g/mol. The van der Waals surface area contributed by atoms with Crippen LogP contribution in [0.3, 0.4) is 0 Å². The third kappa shape index (κ3) is 1.81. The van der Waals surface area contributed by atoms with Gasteiger partial charge in [0, 0.05) is 22.2 Å². The van der Waals surface area contributed by atoms with Crippen LogP contribution in [0.25, 0.3) is 10.9 Å². The van der Waals surface area contributed by atoms with Crippen LogP contribution in [-0.2, 0) is 4.84 Å². The van der Waals surface area contributed by atoms with Gasteiger partial charge < -0.3 is 0 Å². The van der Waals surface area contributed by atoms with Crippen LogP contribution < -0.4 is 5.90 Å². The van der Waals surface area contributed by atoms with Crippen molar-refractivity contribution in [2.24, 2.45) is 5.90 Å². The van der Waals surface area contributed by atoms with E-state index in [-0.39, 0.29) is 6.10 Å². The second-order valence-electron chi connectivity index (χ2n) is 3.31. The van der Waals surface area contributed by atoms with E-state index in [2.05, 4.69) is 4.98 Å². The largest absolute Gasteiger partial charge is 0.297 e. The van der Waals surface area contributed by atoms with Crippen molar-refractivity contribution in [3.63, 3.8) is 0 Å². The Labute approximate surface area is 92.8 Å². The number of hydrogen-bond donors (Lipinski definition) is 1. The van der Waals surface area contributed by atoms with Crippen LogP contribution in [0, 0.1) is 0 Å².